The number of ether oxygens (including phenoxy) is 1. The number of amides is 2. The molecule has 27 heavy (non-hydrogen) atoms. The van der Waals surface area contributed by atoms with E-state index in [1.165, 1.54) is 0 Å². The number of fused-ring (bicyclic) bond motifs is 1. The Morgan fingerprint density at radius 2 is 1.96 bits per heavy atom. The molecule has 7 heteroatoms. The Kier molecular flexibility index (Phi) is 5.09. The van der Waals surface area contributed by atoms with Crippen molar-refractivity contribution < 1.29 is 14.3 Å². The van der Waals surface area contributed by atoms with Gasteiger partial charge in [-0.2, -0.15) is 0 Å². The van der Waals surface area contributed by atoms with Crippen molar-refractivity contribution in [2.24, 2.45) is 0 Å². The lowest BCUT2D eigenvalue weighted by Gasteiger charge is -2.29. The van der Waals surface area contributed by atoms with Gasteiger partial charge in [0.25, 0.3) is 5.91 Å². The molecule has 0 unspecified atom stereocenters. The number of hydrogen-bond acceptors (Lipinski definition) is 4. The normalized spacial score (nSPS) is 17.0. The van der Waals surface area contributed by atoms with Crippen LogP contribution in [0, 0.1) is 0 Å². The van der Waals surface area contributed by atoms with Crippen LogP contribution >= 0.6 is 11.6 Å². The van der Waals surface area contributed by atoms with Crippen LogP contribution in [0.15, 0.2) is 36.7 Å². The summed E-state index contributed by atoms with van der Waals surface area (Å²) in [5, 5.41) is 0.639. The molecule has 2 aliphatic heterocycles. The number of anilines is 1. The number of hydrogen-bond donors (Lipinski definition) is 0. The Bertz CT molecular complexity index is 881. The third kappa shape index (κ3) is 3.82. The molecule has 0 atom stereocenters. The topological polar surface area (TPSA) is 62.7 Å². The Hall–Kier alpha value is -2.44. The molecule has 0 radical (unpaired) electrons. The van der Waals surface area contributed by atoms with Crippen molar-refractivity contribution in [1.82, 2.24) is 9.88 Å². The minimum atomic E-state index is -0.0635. The standard InChI is InChI=1S/C20H20ClN3O3/c21-16-1-2-18-15(11-16)3-4-24(20(18)26)17-9-14(12-22-13-17)10-19(25)23-5-7-27-8-6-23/h1-2,9,11-13H,3-8,10H2. The summed E-state index contributed by atoms with van der Waals surface area (Å²) in [6.45, 7) is 2.96. The molecule has 0 spiro atoms. The molecule has 4 rings (SSSR count). The van der Waals surface area contributed by atoms with Gasteiger partial charge in [0.15, 0.2) is 0 Å². The molecular formula is C20H20ClN3O3. The number of benzene rings is 1. The van der Waals surface area contributed by atoms with E-state index in [1.54, 1.807) is 29.4 Å². The maximum Gasteiger partial charge on any atom is 0.258 e. The number of nitrogens with zero attached hydrogens (tertiary/aromatic N) is 3. The summed E-state index contributed by atoms with van der Waals surface area (Å²) in [5.41, 5.74) is 3.15. The van der Waals surface area contributed by atoms with E-state index in [0.717, 1.165) is 17.5 Å². The zero-order chi connectivity index (χ0) is 18.8. The molecule has 2 aromatic rings. The van der Waals surface area contributed by atoms with Gasteiger partial charge in [0.05, 0.1) is 31.5 Å². The fourth-order valence-corrected chi connectivity index (χ4v) is 3.72. The SMILES string of the molecule is O=C(Cc1cncc(N2CCc3cc(Cl)ccc3C2=O)c1)N1CCOCC1. The first-order chi connectivity index (χ1) is 13.1. The third-order valence-corrected chi connectivity index (χ3v) is 5.19. The van der Waals surface area contributed by atoms with E-state index in [0.29, 0.717) is 49.1 Å². The molecule has 1 aromatic heterocycles. The van der Waals surface area contributed by atoms with Gasteiger partial charge in [-0.05, 0) is 41.8 Å². The smallest absolute Gasteiger partial charge is 0.258 e. The van der Waals surface area contributed by atoms with Gasteiger partial charge < -0.3 is 14.5 Å². The number of carbonyl (C=O) groups is 2. The van der Waals surface area contributed by atoms with Gasteiger partial charge in [0.1, 0.15) is 0 Å². The Morgan fingerprint density at radius 3 is 2.78 bits per heavy atom. The van der Waals surface area contributed by atoms with Gasteiger partial charge in [-0.3, -0.25) is 14.6 Å². The van der Waals surface area contributed by atoms with E-state index in [2.05, 4.69) is 4.98 Å². The average molecular weight is 386 g/mol. The highest BCUT2D eigenvalue weighted by Crippen LogP contribution is 2.26. The summed E-state index contributed by atoms with van der Waals surface area (Å²) < 4.78 is 5.29. The van der Waals surface area contributed by atoms with Crippen molar-refractivity contribution in [1.29, 1.82) is 0 Å². The van der Waals surface area contributed by atoms with Gasteiger partial charge in [0.2, 0.25) is 5.91 Å². The highest BCUT2D eigenvalue weighted by molar-refractivity contribution is 6.30. The maximum atomic E-state index is 12.9. The second kappa shape index (κ2) is 7.66. The van der Waals surface area contributed by atoms with E-state index in [-0.39, 0.29) is 18.2 Å². The van der Waals surface area contributed by atoms with E-state index < -0.39 is 0 Å². The monoisotopic (exact) mass is 385 g/mol. The maximum absolute atomic E-state index is 12.9. The fraction of sp³-hybridized carbons (Fsp3) is 0.350. The van der Waals surface area contributed by atoms with Gasteiger partial charge in [-0.25, -0.2) is 0 Å². The molecule has 140 valence electrons. The molecule has 3 heterocycles. The molecule has 0 aliphatic carbocycles. The Labute approximate surface area is 162 Å². The molecule has 2 aliphatic rings. The largest absolute Gasteiger partial charge is 0.378 e. The average Bonchev–Trinajstić information content (AvgIpc) is 2.69. The summed E-state index contributed by atoms with van der Waals surface area (Å²) in [6, 6.07) is 7.23. The Balaban J connectivity index is 1.51. The first-order valence-electron chi connectivity index (χ1n) is 9.01. The second-order valence-corrected chi connectivity index (χ2v) is 7.17. The predicted molar refractivity (Wildman–Crippen MR) is 102 cm³/mol. The highest BCUT2D eigenvalue weighted by Gasteiger charge is 2.26. The van der Waals surface area contributed by atoms with Crippen molar-refractivity contribution in [2.75, 3.05) is 37.7 Å². The fourth-order valence-electron chi connectivity index (χ4n) is 3.52. The molecule has 6 nitrogen and oxygen atoms in total. The number of carbonyl (C=O) groups excluding carboxylic acids is 2. The van der Waals surface area contributed by atoms with Crippen LogP contribution in [0.25, 0.3) is 0 Å². The van der Waals surface area contributed by atoms with Crippen LogP contribution in [0.3, 0.4) is 0 Å². The van der Waals surface area contributed by atoms with Crippen LogP contribution in [-0.4, -0.2) is 54.5 Å². The van der Waals surface area contributed by atoms with E-state index in [4.69, 9.17) is 16.3 Å². The molecule has 0 N–H and O–H groups in total. The number of pyridine rings is 1. The van der Waals surface area contributed by atoms with Crippen molar-refractivity contribution in [3.05, 3.63) is 58.4 Å². The van der Waals surface area contributed by atoms with E-state index in [9.17, 15) is 9.59 Å². The minimum Gasteiger partial charge on any atom is -0.378 e. The number of rotatable bonds is 3. The van der Waals surface area contributed by atoms with Gasteiger partial charge in [-0.1, -0.05) is 11.6 Å². The van der Waals surface area contributed by atoms with E-state index >= 15 is 0 Å². The molecular weight excluding hydrogens is 366 g/mol. The number of halogens is 1. The summed E-state index contributed by atoms with van der Waals surface area (Å²) in [5.74, 6) is -0.00594. The van der Waals surface area contributed by atoms with Crippen LogP contribution in [0.4, 0.5) is 5.69 Å². The highest BCUT2D eigenvalue weighted by atomic mass is 35.5. The third-order valence-electron chi connectivity index (χ3n) is 4.96. The van der Waals surface area contributed by atoms with Crippen LogP contribution in [0.1, 0.15) is 21.5 Å². The molecule has 0 saturated carbocycles. The molecule has 1 aromatic carbocycles. The van der Waals surface area contributed by atoms with Crippen molar-refractivity contribution >= 4 is 29.1 Å². The lowest BCUT2D eigenvalue weighted by molar-refractivity contribution is -0.134. The van der Waals surface area contributed by atoms with Crippen molar-refractivity contribution in [2.45, 2.75) is 12.8 Å². The summed E-state index contributed by atoms with van der Waals surface area (Å²) in [7, 11) is 0. The minimum absolute atomic E-state index is 0.0576. The number of morpholine rings is 1. The predicted octanol–water partition coefficient (Wildman–Crippen LogP) is 2.34. The lowest BCUT2D eigenvalue weighted by Crippen LogP contribution is -2.41. The zero-order valence-electron chi connectivity index (χ0n) is 14.9. The zero-order valence-corrected chi connectivity index (χ0v) is 15.6. The van der Waals surface area contributed by atoms with Crippen molar-refractivity contribution in [3.63, 3.8) is 0 Å². The summed E-state index contributed by atoms with van der Waals surface area (Å²) in [4.78, 5) is 33.1. The Morgan fingerprint density at radius 1 is 1.15 bits per heavy atom. The van der Waals surface area contributed by atoms with Crippen LogP contribution in [-0.2, 0) is 22.4 Å². The summed E-state index contributed by atoms with van der Waals surface area (Å²) >= 11 is 6.03. The summed E-state index contributed by atoms with van der Waals surface area (Å²) in [6.07, 6.45) is 4.36. The first-order valence-corrected chi connectivity index (χ1v) is 9.39. The van der Waals surface area contributed by atoms with Gasteiger partial charge in [-0.15, -0.1) is 0 Å². The molecule has 1 fully saturated rings. The molecule has 0 bridgehead atoms. The lowest BCUT2D eigenvalue weighted by atomic mass is 9.98. The van der Waals surface area contributed by atoms with Crippen LogP contribution in [0.5, 0.6) is 0 Å². The van der Waals surface area contributed by atoms with Crippen molar-refractivity contribution in [3.8, 4) is 0 Å². The number of aromatic nitrogens is 1. The van der Waals surface area contributed by atoms with E-state index in [1.807, 2.05) is 17.0 Å². The van der Waals surface area contributed by atoms with Crippen LogP contribution in [0.2, 0.25) is 5.02 Å². The molecule has 2 amide bonds. The molecule has 1 saturated heterocycles. The van der Waals surface area contributed by atoms with Gasteiger partial charge in [0, 0.05) is 36.4 Å². The quantitative estimate of drug-likeness (QED) is 0.813. The first kappa shape index (κ1) is 17.9. The van der Waals surface area contributed by atoms with Crippen LogP contribution < -0.4 is 4.90 Å². The van der Waals surface area contributed by atoms with Gasteiger partial charge >= 0.3 is 0 Å². The second-order valence-electron chi connectivity index (χ2n) is 6.73.